The van der Waals surface area contributed by atoms with Crippen LogP contribution in [0.25, 0.3) is 93.3 Å². The fraction of sp³-hybridized carbons (Fsp3) is 0.0213. The lowest BCUT2D eigenvalue weighted by molar-refractivity contribution is 0.968. The first kappa shape index (κ1) is 29.6. The quantitative estimate of drug-likeness (QED) is 0.183. The van der Waals surface area contributed by atoms with E-state index in [4.69, 9.17) is 10.1 Å². The summed E-state index contributed by atoms with van der Waals surface area (Å²) in [6, 6.07) is 61.1. The number of fused-ring (bicyclic) bond motifs is 5. The summed E-state index contributed by atoms with van der Waals surface area (Å²) in [5, 5.41) is 13.3. The fourth-order valence-corrected chi connectivity index (χ4v) is 9.98. The number of hydrogen-bond donors (Lipinski definition) is 0. The molecule has 0 bridgehead atoms. The molecule has 3 aromatic heterocycles. The smallest absolute Gasteiger partial charge is 0.182 e. The van der Waals surface area contributed by atoms with Crippen molar-refractivity contribution in [2.75, 3.05) is 0 Å². The Morgan fingerprint density at radius 3 is 1.78 bits per heavy atom. The molecule has 1 atom stereocenters. The first-order valence-corrected chi connectivity index (χ1v) is 19.1. The van der Waals surface area contributed by atoms with Crippen LogP contribution in [0.2, 0.25) is 0 Å². The Morgan fingerprint density at radius 1 is 0.431 bits per heavy atom. The predicted octanol–water partition coefficient (Wildman–Crippen LogP) is 13.0. The largest absolute Gasteiger partial charge is 0.219 e. The standard InChI is InChI=1S/C47H32N3P/c1-51-44-22-11-10-19-40(44)42-21-12-20-41(45(42)51)39-28-27-36(37-17-8-9-18-38(37)39)33-23-25-34(26-24-33)46-48-47-43(32-15-6-3-7-16-32)29-35(30-50(47)49-46)31-13-4-2-5-14-31/h2-30H,1H3. The average Bonchev–Trinajstić information content (AvgIpc) is 3.77. The highest BCUT2D eigenvalue weighted by atomic mass is 31.1. The molecule has 0 N–H and O–H groups in total. The lowest BCUT2D eigenvalue weighted by atomic mass is 9.91. The number of aryl methyl sites for hydroxylation is 1. The molecule has 3 heterocycles. The zero-order chi connectivity index (χ0) is 33.9. The molecule has 0 saturated heterocycles. The summed E-state index contributed by atoms with van der Waals surface area (Å²) in [5.41, 5.74) is 11.3. The van der Waals surface area contributed by atoms with Crippen LogP contribution in [0.3, 0.4) is 0 Å². The van der Waals surface area contributed by atoms with Crippen molar-refractivity contribution in [3.05, 3.63) is 176 Å². The summed E-state index contributed by atoms with van der Waals surface area (Å²) >= 11 is 0. The van der Waals surface area contributed by atoms with Crippen LogP contribution in [0.5, 0.6) is 0 Å². The Hall–Kier alpha value is -6.28. The predicted molar refractivity (Wildman–Crippen MR) is 216 cm³/mol. The maximum atomic E-state index is 5.09. The number of benzene rings is 7. The van der Waals surface area contributed by atoms with Gasteiger partial charge in [-0.05, 0) is 67.7 Å². The Balaban J connectivity index is 1.06. The van der Waals surface area contributed by atoms with Crippen LogP contribution in [0, 0.1) is 0 Å². The number of nitrogens with zero attached hydrogens (tertiary/aromatic N) is 3. The molecule has 0 fully saturated rings. The zero-order valence-electron chi connectivity index (χ0n) is 28.0. The van der Waals surface area contributed by atoms with Crippen molar-refractivity contribution in [2.24, 2.45) is 6.66 Å². The van der Waals surface area contributed by atoms with Gasteiger partial charge in [-0.15, -0.1) is 12.6 Å². The zero-order valence-corrected chi connectivity index (χ0v) is 28.9. The average molecular weight is 670 g/mol. The lowest BCUT2D eigenvalue weighted by Gasteiger charge is -2.14. The Bertz CT molecular complexity index is 2900. The van der Waals surface area contributed by atoms with Crippen LogP contribution in [-0.4, -0.2) is 14.6 Å². The van der Waals surface area contributed by atoms with Gasteiger partial charge in [0.25, 0.3) is 0 Å². The van der Waals surface area contributed by atoms with Crippen molar-refractivity contribution in [2.45, 2.75) is 0 Å². The van der Waals surface area contributed by atoms with E-state index in [0.29, 0.717) is 5.82 Å². The Morgan fingerprint density at radius 2 is 1.02 bits per heavy atom. The highest BCUT2D eigenvalue weighted by Crippen LogP contribution is 2.51. The molecule has 0 spiro atoms. The van der Waals surface area contributed by atoms with Crippen molar-refractivity contribution >= 4 is 45.0 Å². The summed E-state index contributed by atoms with van der Waals surface area (Å²) in [4.78, 5) is 5.09. The minimum Gasteiger partial charge on any atom is -0.219 e. The third-order valence-electron chi connectivity index (χ3n) is 10.2. The summed E-state index contributed by atoms with van der Waals surface area (Å²) in [5.74, 6) is 0.708. The highest BCUT2D eigenvalue weighted by Gasteiger charge is 2.17. The van der Waals surface area contributed by atoms with E-state index in [1.54, 1.807) is 0 Å². The molecule has 0 aliphatic heterocycles. The van der Waals surface area contributed by atoms with Crippen LogP contribution in [0.1, 0.15) is 0 Å². The molecule has 4 heteroatoms. The van der Waals surface area contributed by atoms with Gasteiger partial charge in [-0.3, -0.25) is 0 Å². The minimum atomic E-state index is -0.425. The van der Waals surface area contributed by atoms with Gasteiger partial charge in [0.2, 0.25) is 0 Å². The summed E-state index contributed by atoms with van der Waals surface area (Å²) < 4.78 is 1.93. The number of rotatable bonds is 5. The highest BCUT2D eigenvalue weighted by molar-refractivity contribution is 7.60. The molecule has 240 valence electrons. The second kappa shape index (κ2) is 11.9. The third-order valence-corrected chi connectivity index (χ3v) is 12.5. The second-order valence-corrected chi connectivity index (χ2v) is 15.2. The first-order chi connectivity index (χ1) is 25.2. The molecular formula is C47H32N3P. The van der Waals surface area contributed by atoms with Gasteiger partial charge in [0.1, 0.15) is 0 Å². The molecule has 1 unspecified atom stereocenters. The first-order valence-electron chi connectivity index (χ1n) is 17.3. The van der Waals surface area contributed by atoms with Gasteiger partial charge >= 0.3 is 0 Å². The number of aromatic nitrogens is 3. The SMILES string of the molecule is Cp1c2ccccc2c2cccc(-c3ccc(-c4ccc(-c5nc6c(-c7ccccc7)cc(-c7ccccc7)cn6n5)cc4)c4ccccc34)c21. The van der Waals surface area contributed by atoms with E-state index in [1.165, 1.54) is 54.0 Å². The van der Waals surface area contributed by atoms with Gasteiger partial charge in [-0.2, -0.15) is 0 Å². The number of hydrogen-bond acceptors (Lipinski definition) is 2. The molecule has 3 nitrogen and oxygen atoms in total. The van der Waals surface area contributed by atoms with Crippen molar-refractivity contribution in [3.8, 4) is 55.9 Å². The van der Waals surface area contributed by atoms with Crippen LogP contribution in [0.15, 0.2) is 176 Å². The molecule has 0 saturated carbocycles. The Kier molecular flexibility index (Phi) is 6.94. The van der Waals surface area contributed by atoms with Gasteiger partial charge in [0.05, 0.1) is 0 Å². The van der Waals surface area contributed by atoms with Gasteiger partial charge in [0.15, 0.2) is 11.5 Å². The van der Waals surface area contributed by atoms with E-state index < -0.39 is 7.53 Å². The fourth-order valence-electron chi connectivity index (χ4n) is 7.77. The molecule has 0 aliphatic carbocycles. The summed E-state index contributed by atoms with van der Waals surface area (Å²) in [6.07, 6.45) is 2.08. The normalized spacial score (nSPS) is 12.0. The lowest BCUT2D eigenvalue weighted by Crippen LogP contribution is -1.93. The van der Waals surface area contributed by atoms with Crippen molar-refractivity contribution in [3.63, 3.8) is 0 Å². The van der Waals surface area contributed by atoms with Gasteiger partial charge < -0.3 is 0 Å². The monoisotopic (exact) mass is 669 g/mol. The summed E-state index contributed by atoms with van der Waals surface area (Å²) in [7, 11) is -0.425. The maximum absolute atomic E-state index is 5.09. The van der Waals surface area contributed by atoms with E-state index in [-0.39, 0.29) is 0 Å². The van der Waals surface area contributed by atoms with Crippen LogP contribution >= 0.6 is 7.53 Å². The van der Waals surface area contributed by atoms with Crippen LogP contribution in [-0.2, 0) is 6.66 Å². The second-order valence-electron chi connectivity index (χ2n) is 13.1. The van der Waals surface area contributed by atoms with E-state index in [2.05, 4.69) is 171 Å². The molecule has 10 rings (SSSR count). The van der Waals surface area contributed by atoms with Crippen LogP contribution in [0.4, 0.5) is 0 Å². The molecular weight excluding hydrogens is 638 g/mol. The molecule has 7 aromatic carbocycles. The van der Waals surface area contributed by atoms with Crippen molar-refractivity contribution < 1.29 is 0 Å². The van der Waals surface area contributed by atoms with Gasteiger partial charge in [0, 0.05) is 33.1 Å². The van der Waals surface area contributed by atoms with E-state index in [1.807, 2.05) is 16.6 Å². The van der Waals surface area contributed by atoms with Gasteiger partial charge in [-0.1, -0.05) is 164 Å². The molecule has 51 heavy (non-hydrogen) atoms. The molecule has 10 aromatic rings. The van der Waals surface area contributed by atoms with E-state index in [9.17, 15) is 0 Å². The molecule has 0 aliphatic rings. The Labute approximate surface area is 297 Å². The molecule has 0 radical (unpaired) electrons. The maximum Gasteiger partial charge on any atom is 0.182 e. The minimum absolute atomic E-state index is 0.425. The van der Waals surface area contributed by atoms with E-state index in [0.717, 1.165) is 33.5 Å². The van der Waals surface area contributed by atoms with Crippen molar-refractivity contribution in [1.29, 1.82) is 0 Å². The van der Waals surface area contributed by atoms with Crippen molar-refractivity contribution in [1.82, 2.24) is 14.6 Å². The van der Waals surface area contributed by atoms with Crippen LogP contribution < -0.4 is 0 Å². The van der Waals surface area contributed by atoms with Gasteiger partial charge in [-0.25, -0.2) is 9.50 Å². The number of pyridine rings is 1. The van der Waals surface area contributed by atoms with E-state index >= 15 is 0 Å². The topological polar surface area (TPSA) is 30.2 Å². The summed E-state index contributed by atoms with van der Waals surface area (Å²) in [6.45, 7) is 2.41. The third kappa shape index (κ3) is 4.89. The molecule has 0 amide bonds.